The molecule has 30 heavy (non-hydrogen) atoms. The number of hydrogen-bond donors (Lipinski definition) is 2. The maximum atomic E-state index is 12.2. The largest absolute Gasteiger partial charge is 0.478 e. The van der Waals surface area contributed by atoms with Crippen LogP contribution in [0.15, 0.2) is 53.9 Å². The van der Waals surface area contributed by atoms with Crippen molar-refractivity contribution in [3.05, 3.63) is 65.0 Å². The Balaban J connectivity index is 2.34. The van der Waals surface area contributed by atoms with Gasteiger partial charge in [-0.3, -0.25) is 9.78 Å². The smallest absolute Gasteiger partial charge is 0.333 e. The third-order valence-corrected chi connectivity index (χ3v) is 4.73. The standard InChI is InChI=1S/C24H27N3O3/c1-4-5-10-22(27-23(28)16(2)3)20(24(29)30)13-17-11-12-21(26-15-17)19-9-7-6-8-18(19)14-25/h6-9,11-12,15-16H,4-5,10,13H2,1-3H3,(H,27,28)(H,29,30)/b22-20+. The predicted octanol–water partition coefficient (Wildman–Crippen LogP) is 4.46. The number of nitriles is 1. The fourth-order valence-electron chi connectivity index (χ4n) is 2.94. The Kier molecular flexibility index (Phi) is 8.30. The van der Waals surface area contributed by atoms with Gasteiger partial charge in [-0.1, -0.05) is 51.5 Å². The third-order valence-electron chi connectivity index (χ3n) is 4.73. The van der Waals surface area contributed by atoms with E-state index in [0.717, 1.165) is 24.0 Å². The van der Waals surface area contributed by atoms with Crippen molar-refractivity contribution >= 4 is 11.9 Å². The van der Waals surface area contributed by atoms with Gasteiger partial charge in [-0.15, -0.1) is 0 Å². The molecular weight excluding hydrogens is 378 g/mol. The molecule has 0 aliphatic rings. The van der Waals surface area contributed by atoms with Crippen molar-refractivity contribution in [1.29, 1.82) is 5.26 Å². The average molecular weight is 405 g/mol. The van der Waals surface area contributed by atoms with Crippen LogP contribution in [0.3, 0.4) is 0 Å². The quantitative estimate of drug-likeness (QED) is 0.599. The highest BCUT2D eigenvalue weighted by Gasteiger charge is 2.19. The molecule has 156 valence electrons. The number of rotatable bonds is 9. The number of carboxylic acids is 1. The van der Waals surface area contributed by atoms with Gasteiger partial charge in [0.25, 0.3) is 0 Å². The Morgan fingerprint density at radius 1 is 1.20 bits per heavy atom. The lowest BCUT2D eigenvalue weighted by molar-refractivity contribution is -0.132. The van der Waals surface area contributed by atoms with Crippen LogP contribution in [-0.4, -0.2) is 22.0 Å². The molecule has 2 rings (SSSR count). The highest BCUT2D eigenvalue weighted by molar-refractivity contribution is 5.90. The van der Waals surface area contributed by atoms with Crippen LogP contribution in [0.5, 0.6) is 0 Å². The van der Waals surface area contributed by atoms with E-state index in [1.807, 2.05) is 19.1 Å². The summed E-state index contributed by atoms with van der Waals surface area (Å²) >= 11 is 0. The maximum absolute atomic E-state index is 12.2. The molecule has 2 N–H and O–H groups in total. The topological polar surface area (TPSA) is 103 Å². The number of allylic oxidation sites excluding steroid dienone is 1. The summed E-state index contributed by atoms with van der Waals surface area (Å²) in [7, 11) is 0. The van der Waals surface area contributed by atoms with Crippen molar-refractivity contribution in [2.24, 2.45) is 5.92 Å². The molecule has 6 nitrogen and oxygen atoms in total. The van der Waals surface area contributed by atoms with E-state index in [1.54, 1.807) is 44.3 Å². The van der Waals surface area contributed by atoms with Crippen LogP contribution < -0.4 is 5.32 Å². The highest BCUT2D eigenvalue weighted by atomic mass is 16.4. The van der Waals surface area contributed by atoms with Crippen molar-refractivity contribution < 1.29 is 14.7 Å². The monoisotopic (exact) mass is 405 g/mol. The number of pyridine rings is 1. The van der Waals surface area contributed by atoms with Crippen molar-refractivity contribution in [2.75, 3.05) is 0 Å². The number of amides is 1. The van der Waals surface area contributed by atoms with Crippen LogP contribution in [0.4, 0.5) is 0 Å². The SMILES string of the molecule is CCCC/C(NC(=O)C(C)C)=C(/Cc1ccc(-c2ccccc2C#N)nc1)C(=O)O. The summed E-state index contributed by atoms with van der Waals surface area (Å²) < 4.78 is 0. The molecule has 1 heterocycles. The summed E-state index contributed by atoms with van der Waals surface area (Å²) in [4.78, 5) is 28.6. The second-order valence-corrected chi connectivity index (χ2v) is 7.40. The average Bonchev–Trinajstić information content (AvgIpc) is 2.75. The van der Waals surface area contributed by atoms with Gasteiger partial charge in [0.2, 0.25) is 5.91 Å². The van der Waals surface area contributed by atoms with Crippen molar-refractivity contribution in [2.45, 2.75) is 46.5 Å². The number of carbonyl (C=O) groups is 2. The third kappa shape index (κ3) is 6.02. The number of carboxylic acid groups (broad SMARTS) is 1. The molecule has 1 aromatic heterocycles. The van der Waals surface area contributed by atoms with Gasteiger partial charge >= 0.3 is 5.97 Å². The first-order valence-corrected chi connectivity index (χ1v) is 10.1. The summed E-state index contributed by atoms with van der Waals surface area (Å²) in [6.07, 6.45) is 3.95. The molecule has 0 aliphatic carbocycles. The van der Waals surface area contributed by atoms with Crippen LogP contribution in [0.25, 0.3) is 11.3 Å². The maximum Gasteiger partial charge on any atom is 0.333 e. The lowest BCUT2D eigenvalue weighted by atomic mass is 10.00. The Hall–Kier alpha value is -3.46. The molecule has 0 atom stereocenters. The van der Waals surface area contributed by atoms with Gasteiger partial charge in [-0.25, -0.2) is 4.79 Å². The molecule has 0 unspecified atom stereocenters. The first-order valence-electron chi connectivity index (χ1n) is 10.1. The molecular formula is C24H27N3O3. The van der Waals surface area contributed by atoms with E-state index in [2.05, 4.69) is 16.4 Å². The predicted molar refractivity (Wildman–Crippen MR) is 115 cm³/mol. The second kappa shape index (κ2) is 10.9. The van der Waals surface area contributed by atoms with Gasteiger partial charge in [0.15, 0.2) is 0 Å². The minimum absolute atomic E-state index is 0.153. The molecule has 0 aliphatic heterocycles. The molecule has 6 heteroatoms. The zero-order valence-corrected chi connectivity index (χ0v) is 17.6. The van der Waals surface area contributed by atoms with E-state index in [0.29, 0.717) is 23.4 Å². The minimum Gasteiger partial charge on any atom is -0.478 e. The van der Waals surface area contributed by atoms with Crippen LogP contribution in [0.1, 0.15) is 51.2 Å². The van der Waals surface area contributed by atoms with Gasteiger partial charge in [-0.2, -0.15) is 5.26 Å². The molecule has 0 bridgehead atoms. The second-order valence-electron chi connectivity index (χ2n) is 7.40. The first-order chi connectivity index (χ1) is 14.4. The number of aromatic nitrogens is 1. The summed E-state index contributed by atoms with van der Waals surface area (Å²) in [5.74, 6) is -1.48. The molecule has 1 aromatic carbocycles. The lowest BCUT2D eigenvalue weighted by Gasteiger charge is -2.16. The molecule has 0 saturated carbocycles. The molecule has 1 amide bonds. The first kappa shape index (κ1) is 22.8. The lowest BCUT2D eigenvalue weighted by Crippen LogP contribution is -2.29. The van der Waals surface area contributed by atoms with E-state index in [4.69, 9.17) is 0 Å². The zero-order valence-electron chi connectivity index (χ0n) is 17.6. The fraction of sp³-hybridized carbons (Fsp3) is 0.333. The number of aliphatic carboxylic acids is 1. The number of nitrogens with zero attached hydrogens (tertiary/aromatic N) is 2. The number of hydrogen-bond acceptors (Lipinski definition) is 4. The summed E-state index contributed by atoms with van der Waals surface area (Å²) in [5, 5.41) is 21.9. The molecule has 0 fully saturated rings. The van der Waals surface area contributed by atoms with Crippen molar-refractivity contribution in [3.8, 4) is 17.3 Å². The number of benzene rings is 1. The van der Waals surface area contributed by atoms with E-state index >= 15 is 0 Å². The highest BCUT2D eigenvalue weighted by Crippen LogP contribution is 2.22. The molecule has 0 spiro atoms. The van der Waals surface area contributed by atoms with E-state index < -0.39 is 5.97 Å². The zero-order chi connectivity index (χ0) is 22.1. The van der Waals surface area contributed by atoms with Crippen molar-refractivity contribution in [3.63, 3.8) is 0 Å². The Labute approximate surface area is 177 Å². The van der Waals surface area contributed by atoms with Gasteiger partial charge < -0.3 is 10.4 Å². The van der Waals surface area contributed by atoms with E-state index in [-0.39, 0.29) is 23.8 Å². The van der Waals surface area contributed by atoms with E-state index in [1.165, 1.54) is 0 Å². The van der Waals surface area contributed by atoms with Gasteiger partial charge in [0.05, 0.1) is 22.9 Å². The normalized spacial score (nSPS) is 11.6. The van der Waals surface area contributed by atoms with Crippen LogP contribution in [-0.2, 0) is 16.0 Å². The number of carbonyl (C=O) groups excluding carboxylic acids is 1. The van der Waals surface area contributed by atoms with Crippen LogP contribution in [0.2, 0.25) is 0 Å². The summed E-state index contributed by atoms with van der Waals surface area (Å²) in [6.45, 7) is 5.56. The van der Waals surface area contributed by atoms with Gasteiger partial charge in [-0.05, 0) is 30.5 Å². The number of unbranched alkanes of at least 4 members (excludes halogenated alkanes) is 1. The Morgan fingerprint density at radius 3 is 2.50 bits per heavy atom. The summed E-state index contributed by atoms with van der Waals surface area (Å²) in [5.41, 5.74) is 3.26. The van der Waals surface area contributed by atoms with Crippen LogP contribution in [0, 0.1) is 17.2 Å². The van der Waals surface area contributed by atoms with Gasteiger partial charge in [0.1, 0.15) is 0 Å². The van der Waals surface area contributed by atoms with Crippen LogP contribution >= 0.6 is 0 Å². The molecule has 0 saturated heterocycles. The number of nitrogens with one attached hydrogen (secondary N) is 1. The Morgan fingerprint density at radius 2 is 1.93 bits per heavy atom. The molecule has 0 radical (unpaired) electrons. The minimum atomic E-state index is -1.05. The van der Waals surface area contributed by atoms with Crippen molar-refractivity contribution in [1.82, 2.24) is 10.3 Å². The summed E-state index contributed by atoms with van der Waals surface area (Å²) in [6, 6.07) is 12.9. The van der Waals surface area contributed by atoms with Gasteiger partial charge in [0, 0.05) is 29.8 Å². The Bertz CT molecular complexity index is 970. The fourth-order valence-corrected chi connectivity index (χ4v) is 2.94. The van der Waals surface area contributed by atoms with E-state index in [9.17, 15) is 20.0 Å². The molecule has 2 aromatic rings.